The highest BCUT2D eigenvalue weighted by Crippen LogP contribution is 2.26. The second-order valence-electron chi connectivity index (χ2n) is 7.73. The number of aryl methyl sites for hydroxylation is 1. The fourth-order valence-electron chi connectivity index (χ4n) is 3.53. The maximum Gasteiger partial charge on any atom is 0.227 e. The van der Waals surface area contributed by atoms with Gasteiger partial charge in [-0.25, -0.2) is 15.0 Å². The van der Waals surface area contributed by atoms with Crippen LogP contribution < -0.4 is 20.9 Å². The van der Waals surface area contributed by atoms with Gasteiger partial charge in [0.15, 0.2) is 0 Å². The fraction of sp³-hybridized carbons (Fsp3) is 0.261. The van der Waals surface area contributed by atoms with Crippen LogP contribution in [0.1, 0.15) is 12.0 Å². The molecule has 1 fully saturated rings. The van der Waals surface area contributed by atoms with Gasteiger partial charge < -0.3 is 20.9 Å². The molecular weight excluding hydrogens is 442 g/mol. The van der Waals surface area contributed by atoms with E-state index in [1.165, 1.54) is 6.33 Å². The summed E-state index contributed by atoms with van der Waals surface area (Å²) in [7, 11) is 0. The van der Waals surface area contributed by atoms with Crippen LogP contribution in [0.2, 0.25) is 5.02 Å². The zero-order chi connectivity index (χ0) is 23.2. The molecular formula is C23H24ClN7O2. The molecule has 2 amide bonds. The van der Waals surface area contributed by atoms with Crippen LogP contribution in [0.25, 0.3) is 0 Å². The van der Waals surface area contributed by atoms with Crippen LogP contribution in [0.3, 0.4) is 0 Å². The molecule has 0 saturated carbocycles. The Hall–Kier alpha value is -3.72. The Morgan fingerprint density at radius 2 is 1.82 bits per heavy atom. The zero-order valence-electron chi connectivity index (χ0n) is 18.1. The van der Waals surface area contributed by atoms with E-state index in [-0.39, 0.29) is 24.2 Å². The Bertz CT molecular complexity index is 1140. The molecule has 0 spiro atoms. The van der Waals surface area contributed by atoms with E-state index in [4.69, 9.17) is 11.6 Å². The van der Waals surface area contributed by atoms with Crippen LogP contribution in [0.15, 0.2) is 55.0 Å². The number of carbonyl (C=O) groups is 2. The number of benzene rings is 1. The highest BCUT2D eigenvalue weighted by atomic mass is 35.5. The Balaban J connectivity index is 1.23. The van der Waals surface area contributed by atoms with Gasteiger partial charge in [-0.05, 0) is 48.9 Å². The zero-order valence-corrected chi connectivity index (χ0v) is 18.8. The number of aromatic nitrogens is 3. The summed E-state index contributed by atoms with van der Waals surface area (Å²) < 4.78 is 0. The molecule has 2 aromatic heterocycles. The smallest absolute Gasteiger partial charge is 0.227 e. The Labute approximate surface area is 196 Å². The Morgan fingerprint density at radius 3 is 2.61 bits per heavy atom. The van der Waals surface area contributed by atoms with Crippen molar-refractivity contribution in [3.05, 3.63) is 65.6 Å². The summed E-state index contributed by atoms with van der Waals surface area (Å²) in [5, 5.41) is 9.79. The molecule has 1 aromatic carbocycles. The standard InChI is InChI=1S/C23H24ClN7O2/c1-15-6-7-25-20(10-15)30-21-12-19(28-14-29-21)26-8-9-27-23(33)16-11-22(32)31(13-16)18-4-2-17(24)3-5-18/h2-7,10,12,14,16H,8-9,11,13H2,1H3,(H,27,33)(H2,25,26,28,29,30). The van der Waals surface area contributed by atoms with Gasteiger partial charge in [-0.2, -0.15) is 0 Å². The predicted octanol–water partition coefficient (Wildman–Crippen LogP) is 3.16. The number of anilines is 4. The van der Waals surface area contributed by atoms with E-state index in [1.807, 2.05) is 19.1 Å². The third-order valence-electron chi connectivity index (χ3n) is 5.20. The van der Waals surface area contributed by atoms with E-state index < -0.39 is 0 Å². The van der Waals surface area contributed by atoms with Crippen molar-refractivity contribution in [2.45, 2.75) is 13.3 Å². The normalized spacial score (nSPS) is 15.4. The monoisotopic (exact) mass is 465 g/mol. The summed E-state index contributed by atoms with van der Waals surface area (Å²) in [6.07, 6.45) is 3.37. The molecule has 3 aromatic rings. The van der Waals surface area contributed by atoms with Crippen molar-refractivity contribution in [3.8, 4) is 0 Å². The van der Waals surface area contributed by atoms with Crippen molar-refractivity contribution >= 4 is 46.6 Å². The molecule has 1 atom stereocenters. The molecule has 1 aliphatic rings. The minimum atomic E-state index is -0.384. The third-order valence-corrected chi connectivity index (χ3v) is 5.46. The second kappa shape index (κ2) is 10.3. The van der Waals surface area contributed by atoms with E-state index in [1.54, 1.807) is 41.4 Å². The number of carbonyl (C=O) groups excluding carboxylic acids is 2. The lowest BCUT2D eigenvalue weighted by molar-refractivity contribution is -0.126. The van der Waals surface area contributed by atoms with Crippen molar-refractivity contribution in [1.82, 2.24) is 20.3 Å². The van der Waals surface area contributed by atoms with Crippen LogP contribution in [0, 0.1) is 12.8 Å². The van der Waals surface area contributed by atoms with Gasteiger partial charge in [0.25, 0.3) is 0 Å². The lowest BCUT2D eigenvalue weighted by Crippen LogP contribution is -2.35. The molecule has 170 valence electrons. The van der Waals surface area contributed by atoms with Gasteiger partial charge in [-0.1, -0.05) is 11.6 Å². The minimum absolute atomic E-state index is 0.0697. The first kappa shape index (κ1) is 22.5. The van der Waals surface area contributed by atoms with Crippen LogP contribution in [-0.2, 0) is 9.59 Å². The second-order valence-corrected chi connectivity index (χ2v) is 8.17. The SMILES string of the molecule is Cc1ccnc(Nc2cc(NCCNC(=O)C3CC(=O)N(c4ccc(Cl)cc4)C3)ncn2)c1. The number of halogens is 1. The maximum atomic E-state index is 12.5. The number of amides is 2. The number of nitrogens with one attached hydrogen (secondary N) is 3. The molecule has 1 unspecified atom stereocenters. The molecule has 0 bridgehead atoms. The predicted molar refractivity (Wildman–Crippen MR) is 128 cm³/mol. The van der Waals surface area contributed by atoms with Crippen LogP contribution in [0.5, 0.6) is 0 Å². The van der Waals surface area contributed by atoms with Gasteiger partial charge in [-0.15, -0.1) is 0 Å². The lowest BCUT2D eigenvalue weighted by atomic mass is 10.1. The lowest BCUT2D eigenvalue weighted by Gasteiger charge is -2.17. The van der Waals surface area contributed by atoms with Crippen LogP contribution >= 0.6 is 11.6 Å². The van der Waals surface area contributed by atoms with E-state index in [9.17, 15) is 9.59 Å². The van der Waals surface area contributed by atoms with E-state index >= 15 is 0 Å². The van der Waals surface area contributed by atoms with E-state index in [0.717, 1.165) is 11.3 Å². The third kappa shape index (κ3) is 5.95. The number of nitrogens with zero attached hydrogens (tertiary/aromatic N) is 4. The van der Waals surface area contributed by atoms with Crippen molar-refractivity contribution in [2.75, 3.05) is 35.2 Å². The number of pyridine rings is 1. The van der Waals surface area contributed by atoms with Gasteiger partial charge >= 0.3 is 0 Å². The molecule has 0 aliphatic carbocycles. The molecule has 1 aliphatic heterocycles. The van der Waals surface area contributed by atoms with Crippen molar-refractivity contribution < 1.29 is 9.59 Å². The summed E-state index contributed by atoms with van der Waals surface area (Å²) in [5.74, 6) is 1.34. The average molecular weight is 466 g/mol. The molecule has 10 heteroatoms. The fourth-order valence-corrected chi connectivity index (χ4v) is 3.66. The van der Waals surface area contributed by atoms with Crippen molar-refractivity contribution in [1.29, 1.82) is 0 Å². The average Bonchev–Trinajstić information content (AvgIpc) is 3.19. The Kier molecular flexibility index (Phi) is 6.99. The first-order valence-corrected chi connectivity index (χ1v) is 10.9. The van der Waals surface area contributed by atoms with Crippen LogP contribution in [0.4, 0.5) is 23.1 Å². The number of hydrogen-bond acceptors (Lipinski definition) is 7. The van der Waals surface area contributed by atoms with Crippen molar-refractivity contribution in [2.24, 2.45) is 5.92 Å². The largest absolute Gasteiger partial charge is 0.368 e. The molecule has 3 N–H and O–H groups in total. The summed E-state index contributed by atoms with van der Waals surface area (Å²) in [4.78, 5) is 39.2. The summed E-state index contributed by atoms with van der Waals surface area (Å²) in [5.41, 5.74) is 1.84. The Morgan fingerprint density at radius 1 is 1.06 bits per heavy atom. The maximum absolute atomic E-state index is 12.5. The topological polar surface area (TPSA) is 112 Å². The quantitative estimate of drug-likeness (QED) is 0.438. The molecule has 3 heterocycles. The summed E-state index contributed by atoms with van der Waals surface area (Å²) in [6.45, 7) is 3.22. The first-order valence-electron chi connectivity index (χ1n) is 10.6. The van der Waals surface area contributed by atoms with Crippen molar-refractivity contribution in [3.63, 3.8) is 0 Å². The van der Waals surface area contributed by atoms with Gasteiger partial charge in [0.05, 0.1) is 5.92 Å². The van der Waals surface area contributed by atoms with Gasteiger partial charge in [0.1, 0.15) is 23.8 Å². The summed E-state index contributed by atoms with van der Waals surface area (Å²) >= 11 is 5.91. The number of rotatable bonds is 8. The molecule has 33 heavy (non-hydrogen) atoms. The van der Waals surface area contributed by atoms with Gasteiger partial charge in [-0.3, -0.25) is 9.59 Å². The van der Waals surface area contributed by atoms with Gasteiger partial charge in [0.2, 0.25) is 11.8 Å². The molecule has 9 nitrogen and oxygen atoms in total. The van der Waals surface area contributed by atoms with Crippen LogP contribution in [-0.4, -0.2) is 46.4 Å². The number of hydrogen-bond donors (Lipinski definition) is 3. The van der Waals surface area contributed by atoms with E-state index in [0.29, 0.717) is 42.1 Å². The highest BCUT2D eigenvalue weighted by molar-refractivity contribution is 6.30. The van der Waals surface area contributed by atoms with E-state index in [2.05, 4.69) is 30.9 Å². The van der Waals surface area contributed by atoms with Gasteiger partial charge in [0, 0.05) is 49.0 Å². The molecule has 0 radical (unpaired) electrons. The first-order chi connectivity index (χ1) is 16.0. The molecule has 4 rings (SSSR count). The molecule has 1 saturated heterocycles. The highest BCUT2D eigenvalue weighted by Gasteiger charge is 2.34. The summed E-state index contributed by atoms with van der Waals surface area (Å²) in [6, 6.07) is 12.6. The minimum Gasteiger partial charge on any atom is -0.368 e.